The smallest absolute Gasteiger partial charge is 0.299 e. The van der Waals surface area contributed by atoms with Gasteiger partial charge in [-0.25, -0.2) is 9.37 Å². The van der Waals surface area contributed by atoms with Gasteiger partial charge in [0.05, 0.1) is 10.7 Å². The highest BCUT2D eigenvalue weighted by molar-refractivity contribution is 6.30. The first-order valence-electron chi connectivity index (χ1n) is 6.43. The number of carbonyl (C=O) groups is 1. The molecule has 3 aromatic rings. The van der Waals surface area contributed by atoms with Crippen molar-refractivity contribution in [2.75, 3.05) is 5.32 Å². The van der Waals surface area contributed by atoms with Crippen molar-refractivity contribution in [3.63, 3.8) is 0 Å². The maximum Gasteiger partial charge on any atom is 0.299 e. The van der Waals surface area contributed by atoms with E-state index in [1.807, 2.05) is 0 Å². The molecule has 0 radical (unpaired) electrons. The van der Waals surface area contributed by atoms with Gasteiger partial charge >= 0.3 is 0 Å². The van der Waals surface area contributed by atoms with Gasteiger partial charge in [-0.3, -0.25) is 9.20 Å². The molecule has 0 amide bonds. The fourth-order valence-corrected chi connectivity index (χ4v) is 2.23. The summed E-state index contributed by atoms with van der Waals surface area (Å²) in [4.78, 5) is 14.8. The van der Waals surface area contributed by atoms with E-state index in [1.54, 1.807) is 35.0 Å². The molecule has 2 aromatic heterocycles. The SMILES string of the molecule is O=COc1c(NCc2ccc(Cl)c(F)c2)ccc2nccn12. The molecule has 0 aliphatic heterocycles. The van der Waals surface area contributed by atoms with Gasteiger partial charge < -0.3 is 10.1 Å². The van der Waals surface area contributed by atoms with Crippen molar-refractivity contribution in [1.29, 1.82) is 0 Å². The molecule has 5 nitrogen and oxygen atoms in total. The van der Waals surface area contributed by atoms with Gasteiger partial charge in [-0.2, -0.15) is 0 Å². The van der Waals surface area contributed by atoms with Crippen LogP contribution in [0.1, 0.15) is 5.56 Å². The summed E-state index contributed by atoms with van der Waals surface area (Å²) in [7, 11) is 0. The van der Waals surface area contributed by atoms with Gasteiger partial charge in [0.15, 0.2) is 0 Å². The first kappa shape index (κ1) is 14.3. The molecule has 0 aliphatic rings. The molecule has 0 bridgehead atoms. The summed E-state index contributed by atoms with van der Waals surface area (Å²) >= 11 is 5.65. The first-order chi connectivity index (χ1) is 10.7. The Balaban J connectivity index is 1.87. The second-order valence-electron chi connectivity index (χ2n) is 4.52. The van der Waals surface area contributed by atoms with Crippen LogP contribution >= 0.6 is 11.6 Å². The van der Waals surface area contributed by atoms with Crippen molar-refractivity contribution in [3.05, 3.63) is 59.1 Å². The Kier molecular flexibility index (Phi) is 3.93. The Bertz CT molecular complexity index is 835. The number of benzene rings is 1. The van der Waals surface area contributed by atoms with E-state index in [4.69, 9.17) is 16.3 Å². The van der Waals surface area contributed by atoms with E-state index in [9.17, 15) is 9.18 Å². The maximum atomic E-state index is 13.4. The molecular weight excluding hydrogens is 309 g/mol. The van der Waals surface area contributed by atoms with Crippen LogP contribution in [0.5, 0.6) is 5.88 Å². The second kappa shape index (κ2) is 6.03. The Hall–Kier alpha value is -2.60. The van der Waals surface area contributed by atoms with Gasteiger partial charge in [0.25, 0.3) is 6.47 Å². The van der Waals surface area contributed by atoms with Crippen LogP contribution in [0.25, 0.3) is 5.65 Å². The quantitative estimate of drug-likeness (QED) is 0.733. The molecule has 1 aromatic carbocycles. The summed E-state index contributed by atoms with van der Waals surface area (Å²) in [5.74, 6) is -0.158. The molecule has 1 N–H and O–H groups in total. The number of ether oxygens (including phenoxy) is 1. The van der Waals surface area contributed by atoms with Crippen molar-refractivity contribution in [2.45, 2.75) is 6.54 Å². The number of nitrogens with one attached hydrogen (secondary N) is 1. The third-order valence-electron chi connectivity index (χ3n) is 3.14. The zero-order chi connectivity index (χ0) is 15.5. The maximum absolute atomic E-state index is 13.4. The number of aromatic nitrogens is 2. The number of halogens is 2. The molecule has 0 aliphatic carbocycles. The van der Waals surface area contributed by atoms with Crippen LogP contribution in [0.4, 0.5) is 10.1 Å². The van der Waals surface area contributed by atoms with Gasteiger partial charge in [0.1, 0.15) is 11.5 Å². The zero-order valence-corrected chi connectivity index (χ0v) is 12.0. The lowest BCUT2D eigenvalue weighted by Crippen LogP contribution is -2.05. The Labute approximate surface area is 130 Å². The van der Waals surface area contributed by atoms with Gasteiger partial charge in [-0.15, -0.1) is 0 Å². The molecule has 0 spiro atoms. The number of pyridine rings is 1. The largest absolute Gasteiger partial charge is 0.409 e. The van der Waals surface area contributed by atoms with Crippen LogP contribution in [-0.4, -0.2) is 15.9 Å². The number of hydrogen-bond acceptors (Lipinski definition) is 4. The molecule has 112 valence electrons. The zero-order valence-electron chi connectivity index (χ0n) is 11.3. The number of anilines is 1. The molecule has 0 fully saturated rings. The van der Waals surface area contributed by atoms with E-state index >= 15 is 0 Å². The van der Waals surface area contributed by atoms with E-state index in [0.717, 1.165) is 0 Å². The third-order valence-corrected chi connectivity index (χ3v) is 3.45. The van der Waals surface area contributed by atoms with Crippen LogP contribution in [-0.2, 0) is 11.3 Å². The van der Waals surface area contributed by atoms with Crippen LogP contribution in [0.2, 0.25) is 5.02 Å². The normalized spacial score (nSPS) is 10.6. The topological polar surface area (TPSA) is 55.6 Å². The first-order valence-corrected chi connectivity index (χ1v) is 6.81. The van der Waals surface area contributed by atoms with Gasteiger partial charge in [0.2, 0.25) is 5.88 Å². The molecule has 7 heteroatoms. The average molecular weight is 320 g/mol. The highest BCUT2D eigenvalue weighted by atomic mass is 35.5. The lowest BCUT2D eigenvalue weighted by atomic mass is 10.2. The van der Waals surface area contributed by atoms with E-state index in [1.165, 1.54) is 12.1 Å². The molecule has 22 heavy (non-hydrogen) atoms. The number of fused-ring (bicyclic) bond motifs is 1. The number of rotatable bonds is 5. The summed E-state index contributed by atoms with van der Waals surface area (Å²) in [5.41, 5.74) is 1.96. The van der Waals surface area contributed by atoms with Crippen molar-refractivity contribution in [3.8, 4) is 5.88 Å². The van der Waals surface area contributed by atoms with Crippen LogP contribution in [0.15, 0.2) is 42.7 Å². The summed E-state index contributed by atoms with van der Waals surface area (Å²) < 4.78 is 20.1. The highest BCUT2D eigenvalue weighted by Crippen LogP contribution is 2.26. The Morgan fingerprint density at radius 1 is 1.36 bits per heavy atom. The van der Waals surface area contributed by atoms with E-state index < -0.39 is 5.82 Å². The fraction of sp³-hybridized carbons (Fsp3) is 0.0667. The van der Waals surface area contributed by atoms with Crippen molar-refractivity contribution >= 4 is 29.4 Å². The number of hydrogen-bond donors (Lipinski definition) is 1. The minimum absolute atomic E-state index is 0.0774. The second-order valence-corrected chi connectivity index (χ2v) is 4.93. The number of imidazole rings is 1. The number of carbonyl (C=O) groups excluding carboxylic acids is 1. The minimum Gasteiger partial charge on any atom is -0.409 e. The Morgan fingerprint density at radius 3 is 3.00 bits per heavy atom. The van der Waals surface area contributed by atoms with Crippen molar-refractivity contribution < 1.29 is 13.9 Å². The van der Waals surface area contributed by atoms with E-state index in [-0.39, 0.29) is 5.02 Å². The predicted octanol–water partition coefficient (Wildman–Crippen LogP) is 3.27. The molecule has 0 atom stereocenters. The molecule has 0 unspecified atom stereocenters. The minimum atomic E-state index is -0.476. The van der Waals surface area contributed by atoms with Crippen molar-refractivity contribution in [1.82, 2.24) is 9.38 Å². The third kappa shape index (κ3) is 2.73. The summed E-state index contributed by atoms with van der Waals surface area (Å²) in [6.45, 7) is 0.700. The van der Waals surface area contributed by atoms with Crippen molar-refractivity contribution in [2.24, 2.45) is 0 Å². The van der Waals surface area contributed by atoms with Gasteiger partial charge in [-0.05, 0) is 29.8 Å². The predicted molar refractivity (Wildman–Crippen MR) is 80.6 cm³/mol. The summed E-state index contributed by atoms with van der Waals surface area (Å²) in [6, 6.07) is 8.09. The van der Waals surface area contributed by atoms with Gasteiger partial charge in [-0.1, -0.05) is 17.7 Å². The van der Waals surface area contributed by atoms with Crippen LogP contribution < -0.4 is 10.1 Å². The Morgan fingerprint density at radius 2 is 2.23 bits per heavy atom. The molecule has 2 heterocycles. The lowest BCUT2D eigenvalue weighted by molar-refractivity contribution is -0.120. The fourth-order valence-electron chi connectivity index (χ4n) is 2.12. The lowest BCUT2D eigenvalue weighted by Gasteiger charge is -2.12. The number of nitrogens with zero attached hydrogens (tertiary/aromatic N) is 2. The molecule has 0 saturated heterocycles. The molecule has 3 rings (SSSR count). The monoisotopic (exact) mass is 319 g/mol. The van der Waals surface area contributed by atoms with Gasteiger partial charge in [0, 0.05) is 18.9 Å². The van der Waals surface area contributed by atoms with Crippen LogP contribution in [0.3, 0.4) is 0 Å². The summed E-state index contributed by atoms with van der Waals surface area (Å²) in [6.07, 6.45) is 3.28. The van der Waals surface area contributed by atoms with E-state index in [2.05, 4.69) is 10.3 Å². The standard InChI is InChI=1S/C15H11ClFN3O2/c16-11-2-1-10(7-12(11)17)8-19-13-3-4-14-18-5-6-20(14)15(13)22-9-21/h1-7,9,19H,8H2. The van der Waals surface area contributed by atoms with E-state index in [0.29, 0.717) is 35.8 Å². The highest BCUT2D eigenvalue weighted by Gasteiger charge is 2.10. The summed E-state index contributed by atoms with van der Waals surface area (Å²) in [5, 5.41) is 3.18. The molecule has 0 saturated carbocycles. The average Bonchev–Trinajstić information content (AvgIpc) is 2.99. The molecular formula is C15H11ClFN3O2. The van der Waals surface area contributed by atoms with Crippen LogP contribution in [0, 0.1) is 5.82 Å².